The van der Waals surface area contributed by atoms with Gasteiger partial charge in [-0.15, -0.1) is 0 Å². The molecule has 0 unspecified atom stereocenters. The van der Waals surface area contributed by atoms with Crippen LogP contribution in [0.4, 0.5) is 0 Å². The molecule has 0 amide bonds. The maximum absolute atomic E-state index is 12.1. The number of benzene rings is 1. The van der Waals surface area contributed by atoms with E-state index in [4.69, 9.17) is 9.47 Å². The van der Waals surface area contributed by atoms with Crippen LogP contribution in [0.3, 0.4) is 0 Å². The van der Waals surface area contributed by atoms with Crippen LogP contribution in [0.5, 0.6) is 11.5 Å². The normalized spacial score (nSPS) is 10.8. The Hall–Kier alpha value is -2.88. The first kappa shape index (κ1) is 17.5. The zero-order valence-electron chi connectivity index (χ0n) is 14.0. The van der Waals surface area contributed by atoms with Crippen LogP contribution in [-0.4, -0.2) is 13.1 Å². The number of carbonyl (C=O) groups excluding carboxylic acids is 1. The molecular weight excluding hydrogens is 304 g/mol. The van der Waals surface area contributed by atoms with E-state index in [1.54, 1.807) is 31.4 Å². The summed E-state index contributed by atoms with van der Waals surface area (Å²) in [5, 5.41) is 0. The zero-order chi connectivity index (χ0) is 17.5. The number of carbonyl (C=O) groups is 1. The third kappa shape index (κ3) is 4.81. The summed E-state index contributed by atoms with van der Waals surface area (Å²) in [5.41, 5.74) is 1.42. The Morgan fingerprint density at radius 2 is 1.79 bits per heavy atom. The van der Waals surface area contributed by atoms with Crippen molar-refractivity contribution < 1.29 is 14.3 Å². The van der Waals surface area contributed by atoms with Crippen molar-refractivity contribution >= 4 is 12.0 Å². The Bertz CT molecular complexity index is 789. The Morgan fingerprint density at radius 1 is 1.08 bits per heavy atom. The second-order valence-corrected chi connectivity index (χ2v) is 5.58. The Morgan fingerprint density at radius 3 is 2.42 bits per heavy atom. The van der Waals surface area contributed by atoms with Crippen LogP contribution in [-0.2, 0) is 4.79 Å². The molecule has 0 aliphatic heterocycles. The van der Waals surface area contributed by atoms with Gasteiger partial charge in [0, 0.05) is 6.08 Å². The van der Waals surface area contributed by atoms with Crippen LogP contribution in [0.25, 0.3) is 6.08 Å². The van der Waals surface area contributed by atoms with Crippen LogP contribution in [0.1, 0.15) is 30.9 Å². The number of rotatable bonds is 5. The van der Waals surface area contributed by atoms with Crippen molar-refractivity contribution in [3.8, 4) is 11.5 Å². The van der Waals surface area contributed by atoms with E-state index >= 15 is 0 Å². The van der Waals surface area contributed by atoms with E-state index in [2.05, 4.69) is 0 Å². The predicted molar refractivity (Wildman–Crippen MR) is 94.5 cm³/mol. The van der Waals surface area contributed by atoms with Crippen LogP contribution in [0.2, 0.25) is 0 Å². The van der Waals surface area contributed by atoms with E-state index in [1.807, 2.05) is 32.0 Å². The summed E-state index contributed by atoms with van der Waals surface area (Å²) < 4.78 is 10.2. The van der Waals surface area contributed by atoms with Gasteiger partial charge in [-0.25, -0.2) is 4.79 Å². The molecule has 4 heteroatoms. The molecule has 0 saturated carbocycles. The topological polar surface area (TPSA) is 52.6 Å². The van der Waals surface area contributed by atoms with Gasteiger partial charge in [-0.2, -0.15) is 0 Å². The predicted octanol–water partition coefficient (Wildman–Crippen LogP) is 3.80. The number of methoxy groups -OCH3 is 1. The van der Waals surface area contributed by atoms with Crippen molar-refractivity contribution in [2.24, 2.45) is 0 Å². The first-order valence-electron chi connectivity index (χ1n) is 7.68. The molecule has 0 bridgehead atoms. The molecule has 0 aromatic heterocycles. The molecule has 124 valence electrons. The standard InChI is InChI=1S/C20H20O4/c1-14(2)16-5-4-6-19(18(21)13-16)24-20(22)12-9-15-7-10-17(23-3)11-8-15/h4-14H,1-3H3/b12-9+. The van der Waals surface area contributed by atoms with E-state index in [9.17, 15) is 9.59 Å². The molecule has 0 aliphatic carbocycles. The fourth-order valence-corrected chi connectivity index (χ4v) is 2.06. The minimum atomic E-state index is -0.597. The van der Waals surface area contributed by atoms with Crippen molar-refractivity contribution in [3.05, 3.63) is 76.0 Å². The molecule has 0 atom stereocenters. The largest absolute Gasteiger partial charge is 0.497 e. The number of hydrogen-bond acceptors (Lipinski definition) is 4. The second kappa shape index (κ2) is 8.11. The van der Waals surface area contributed by atoms with E-state index in [1.165, 1.54) is 18.2 Å². The monoisotopic (exact) mass is 324 g/mol. The van der Waals surface area contributed by atoms with Gasteiger partial charge in [0.2, 0.25) is 5.43 Å². The first-order valence-corrected chi connectivity index (χ1v) is 7.68. The maximum Gasteiger partial charge on any atom is 0.336 e. The summed E-state index contributed by atoms with van der Waals surface area (Å²) in [4.78, 5) is 24.0. The quantitative estimate of drug-likeness (QED) is 0.620. The number of hydrogen-bond donors (Lipinski definition) is 0. The van der Waals surface area contributed by atoms with E-state index in [-0.39, 0.29) is 17.1 Å². The van der Waals surface area contributed by atoms with Crippen LogP contribution < -0.4 is 14.9 Å². The number of esters is 1. The molecule has 0 N–H and O–H groups in total. The van der Waals surface area contributed by atoms with Crippen molar-refractivity contribution in [3.63, 3.8) is 0 Å². The lowest BCUT2D eigenvalue weighted by Gasteiger charge is -2.00. The Kier molecular flexibility index (Phi) is 5.90. The Labute approximate surface area is 141 Å². The van der Waals surface area contributed by atoms with Crippen LogP contribution in [0, 0.1) is 0 Å². The highest BCUT2D eigenvalue weighted by molar-refractivity contribution is 5.88. The van der Waals surface area contributed by atoms with Gasteiger partial charge in [0.25, 0.3) is 0 Å². The SMILES string of the molecule is COc1ccc(/C=C/C(=O)Oc2cccc(C(C)C)cc2=O)cc1. The number of ether oxygens (including phenoxy) is 2. The molecule has 0 radical (unpaired) electrons. The summed E-state index contributed by atoms with van der Waals surface area (Å²) in [6.07, 6.45) is 2.91. The van der Waals surface area contributed by atoms with Gasteiger partial charge >= 0.3 is 5.97 Å². The molecule has 0 fully saturated rings. The highest BCUT2D eigenvalue weighted by Crippen LogP contribution is 2.14. The summed E-state index contributed by atoms with van der Waals surface area (Å²) in [5.74, 6) is 0.388. The van der Waals surface area contributed by atoms with Gasteiger partial charge in [0.05, 0.1) is 7.11 Å². The van der Waals surface area contributed by atoms with Gasteiger partial charge in [0.1, 0.15) is 5.75 Å². The summed E-state index contributed by atoms with van der Waals surface area (Å²) in [6, 6.07) is 13.8. The van der Waals surface area contributed by atoms with Crippen LogP contribution in [0.15, 0.2) is 59.4 Å². The van der Waals surface area contributed by atoms with Gasteiger partial charge < -0.3 is 9.47 Å². The lowest BCUT2D eigenvalue weighted by molar-refractivity contribution is -0.128. The van der Waals surface area contributed by atoms with Gasteiger partial charge in [-0.1, -0.05) is 38.1 Å². The average Bonchev–Trinajstić information content (AvgIpc) is 2.75. The minimum absolute atomic E-state index is 0.0197. The fourth-order valence-electron chi connectivity index (χ4n) is 2.06. The molecule has 2 rings (SSSR count). The lowest BCUT2D eigenvalue weighted by Crippen LogP contribution is -2.10. The van der Waals surface area contributed by atoms with E-state index in [0.29, 0.717) is 0 Å². The maximum atomic E-state index is 12.1. The zero-order valence-corrected chi connectivity index (χ0v) is 14.0. The smallest absolute Gasteiger partial charge is 0.336 e. The third-order valence-electron chi connectivity index (χ3n) is 3.48. The van der Waals surface area contributed by atoms with E-state index < -0.39 is 5.97 Å². The molecule has 0 saturated heterocycles. The second-order valence-electron chi connectivity index (χ2n) is 5.58. The highest BCUT2D eigenvalue weighted by Gasteiger charge is 2.06. The minimum Gasteiger partial charge on any atom is -0.497 e. The lowest BCUT2D eigenvalue weighted by atomic mass is 10.1. The van der Waals surface area contributed by atoms with Gasteiger partial charge in [0.15, 0.2) is 5.75 Å². The molecule has 24 heavy (non-hydrogen) atoms. The van der Waals surface area contributed by atoms with E-state index in [0.717, 1.165) is 16.9 Å². The fraction of sp³-hybridized carbons (Fsp3) is 0.200. The van der Waals surface area contributed by atoms with Crippen molar-refractivity contribution in [1.82, 2.24) is 0 Å². The Balaban J connectivity index is 2.10. The van der Waals surface area contributed by atoms with Crippen molar-refractivity contribution in [1.29, 1.82) is 0 Å². The van der Waals surface area contributed by atoms with Crippen molar-refractivity contribution in [2.75, 3.05) is 7.11 Å². The summed E-state index contributed by atoms with van der Waals surface area (Å²) >= 11 is 0. The molecule has 0 heterocycles. The van der Waals surface area contributed by atoms with Crippen LogP contribution >= 0.6 is 0 Å². The summed E-state index contributed by atoms with van der Waals surface area (Å²) in [6.45, 7) is 4.00. The molecule has 2 aromatic rings. The third-order valence-corrected chi connectivity index (χ3v) is 3.48. The molecule has 0 aliphatic rings. The molecular formula is C20H20O4. The first-order chi connectivity index (χ1) is 11.5. The van der Waals surface area contributed by atoms with Crippen molar-refractivity contribution in [2.45, 2.75) is 19.8 Å². The molecule has 4 nitrogen and oxygen atoms in total. The average molecular weight is 324 g/mol. The molecule has 0 spiro atoms. The molecule has 2 aromatic carbocycles. The van der Waals surface area contributed by atoms with Gasteiger partial charge in [-0.3, -0.25) is 4.79 Å². The summed E-state index contributed by atoms with van der Waals surface area (Å²) in [7, 11) is 1.59. The van der Waals surface area contributed by atoms with Gasteiger partial charge in [-0.05, 0) is 47.4 Å². The highest BCUT2D eigenvalue weighted by atomic mass is 16.5.